The summed E-state index contributed by atoms with van der Waals surface area (Å²) in [4.78, 5) is 27.8. The number of rotatable bonds is 4. The molecule has 6 heteroatoms. The van der Waals surface area contributed by atoms with Crippen LogP contribution in [0.2, 0.25) is 5.15 Å². The molecule has 1 N–H and O–H groups in total. The SMILES string of the molecule is O=C(COC(=O)c1ccc2ccccc2c1)Nc1cccnc1Cl. The summed E-state index contributed by atoms with van der Waals surface area (Å²) in [6.07, 6.45) is 1.51. The molecule has 1 aromatic heterocycles. The van der Waals surface area contributed by atoms with Crippen molar-refractivity contribution in [3.8, 4) is 0 Å². The first-order valence-electron chi connectivity index (χ1n) is 7.20. The minimum Gasteiger partial charge on any atom is -0.452 e. The number of hydrogen-bond acceptors (Lipinski definition) is 4. The van der Waals surface area contributed by atoms with E-state index in [0.717, 1.165) is 10.8 Å². The molecule has 0 atom stereocenters. The summed E-state index contributed by atoms with van der Waals surface area (Å²) in [6, 6.07) is 16.2. The van der Waals surface area contributed by atoms with E-state index in [9.17, 15) is 9.59 Å². The van der Waals surface area contributed by atoms with Gasteiger partial charge in [0.05, 0.1) is 11.3 Å². The van der Waals surface area contributed by atoms with Crippen LogP contribution in [-0.2, 0) is 9.53 Å². The lowest BCUT2D eigenvalue weighted by Crippen LogP contribution is -2.21. The number of benzene rings is 2. The Labute approximate surface area is 143 Å². The van der Waals surface area contributed by atoms with Crippen molar-refractivity contribution in [3.05, 3.63) is 71.5 Å². The molecule has 120 valence electrons. The van der Waals surface area contributed by atoms with Gasteiger partial charge in [0.25, 0.3) is 5.91 Å². The molecular weight excluding hydrogens is 328 g/mol. The molecule has 24 heavy (non-hydrogen) atoms. The summed E-state index contributed by atoms with van der Waals surface area (Å²) >= 11 is 5.85. The Morgan fingerprint density at radius 1 is 1.04 bits per heavy atom. The van der Waals surface area contributed by atoms with Gasteiger partial charge in [-0.2, -0.15) is 0 Å². The fraction of sp³-hybridized carbons (Fsp3) is 0.0556. The monoisotopic (exact) mass is 340 g/mol. The number of amides is 1. The lowest BCUT2D eigenvalue weighted by atomic mass is 10.1. The van der Waals surface area contributed by atoms with Crippen LogP contribution < -0.4 is 5.32 Å². The van der Waals surface area contributed by atoms with E-state index >= 15 is 0 Å². The molecule has 2 aromatic carbocycles. The second kappa shape index (κ2) is 7.10. The lowest BCUT2D eigenvalue weighted by Gasteiger charge is -2.08. The molecule has 1 amide bonds. The van der Waals surface area contributed by atoms with Crippen LogP contribution in [0.1, 0.15) is 10.4 Å². The topological polar surface area (TPSA) is 68.3 Å². The van der Waals surface area contributed by atoms with E-state index in [2.05, 4.69) is 10.3 Å². The van der Waals surface area contributed by atoms with Gasteiger partial charge < -0.3 is 10.1 Å². The second-order valence-corrected chi connectivity index (χ2v) is 5.39. The molecule has 0 radical (unpaired) electrons. The summed E-state index contributed by atoms with van der Waals surface area (Å²) in [7, 11) is 0. The quantitative estimate of drug-likeness (QED) is 0.581. The number of halogens is 1. The van der Waals surface area contributed by atoms with Crippen molar-refractivity contribution < 1.29 is 14.3 Å². The molecule has 0 saturated carbocycles. The molecule has 0 saturated heterocycles. The van der Waals surface area contributed by atoms with Gasteiger partial charge in [0.1, 0.15) is 0 Å². The van der Waals surface area contributed by atoms with Crippen LogP contribution in [0, 0.1) is 0 Å². The van der Waals surface area contributed by atoms with Crippen molar-refractivity contribution >= 4 is 39.9 Å². The first-order chi connectivity index (χ1) is 11.6. The number of nitrogens with zero attached hydrogens (tertiary/aromatic N) is 1. The summed E-state index contributed by atoms with van der Waals surface area (Å²) in [5.41, 5.74) is 0.756. The summed E-state index contributed by atoms with van der Waals surface area (Å²) in [5, 5.41) is 4.66. The van der Waals surface area contributed by atoms with Crippen molar-refractivity contribution in [2.24, 2.45) is 0 Å². The van der Waals surface area contributed by atoms with E-state index in [1.54, 1.807) is 24.3 Å². The van der Waals surface area contributed by atoms with E-state index in [4.69, 9.17) is 16.3 Å². The molecule has 0 spiro atoms. The molecular formula is C18H13ClN2O3. The summed E-state index contributed by atoms with van der Waals surface area (Å²) < 4.78 is 5.04. The number of anilines is 1. The maximum atomic E-state index is 12.1. The Hall–Kier alpha value is -2.92. The number of aromatic nitrogens is 1. The number of pyridine rings is 1. The van der Waals surface area contributed by atoms with E-state index in [1.807, 2.05) is 30.3 Å². The largest absolute Gasteiger partial charge is 0.452 e. The third kappa shape index (κ3) is 3.70. The van der Waals surface area contributed by atoms with Crippen LogP contribution in [0.3, 0.4) is 0 Å². The molecule has 0 aliphatic heterocycles. The Morgan fingerprint density at radius 2 is 1.83 bits per heavy atom. The molecule has 0 bridgehead atoms. The third-order valence-electron chi connectivity index (χ3n) is 3.35. The highest BCUT2D eigenvalue weighted by Crippen LogP contribution is 2.18. The van der Waals surface area contributed by atoms with Crippen molar-refractivity contribution in [1.29, 1.82) is 0 Å². The zero-order valence-corrected chi connectivity index (χ0v) is 13.3. The number of esters is 1. The average Bonchev–Trinajstić information content (AvgIpc) is 2.61. The first-order valence-corrected chi connectivity index (χ1v) is 7.57. The van der Waals surface area contributed by atoms with Gasteiger partial charge in [0, 0.05) is 6.20 Å². The van der Waals surface area contributed by atoms with E-state index in [-0.39, 0.29) is 5.15 Å². The van der Waals surface area contributed by atoms with Gasteiger partial charge >= 0.3 is 5.97 Å². The molecule has 3 rings (SSSR count). The fourth-order valence-electron chi connectivity index (χ4n) is 2.20. The van der Waals surface area contributed by atoms with E-state index < -0.39 is 18.5 Å². The van der Waals surface area contributed by atoms with E-state index in [0.29, 0.717) is 11.3 Å². The van der Waals surface area contributed by atoms with Gasteiger partial charge in [-0.25, -0.2) is 9.78 Å². The van der Waals surface area contributed by atoms with Gasteiger partial charge in [0.15, 0.2) is 11.8 Å². The Bertz CT molecular complexity index is 911. The standard InChI is InChI=1S/C18H13ClN2O3/c19-17-15(6-3-9-20-17)21-16(22)11-24-18(23)14-8-7-12-4-1-2-5-13(12)10-14/h1-10H,11H2,(H,21,22). The average molecular weight is 341 g/mol. The number of carbonyl (C=O) groups excluding carboxylic acids is 2. The highest BCUT2D eigenvalue weighted by atomic mass is 35.5. The molecule has 0 aliphatic rings. The van der Waals surface area contributed by atoms with Gasteiger partial charge in [-0.3, -0.25) is 4.79 Å². The Kier molecular flexibility index (Phi) is 4.72. The van der Waals surface area contributed by atoms with Crippen molar-refractivity contribution in [3.63, 3.8) is 0 Å². The minimum absolute atomic E-state index is 0.173. The molecule has 0 unspecified atom stereocenters. The van der Waals surface area contributed by atoms with Crippen molar-refractivity contribution in [2.75, 3.05) is 11.9 Å². The van der Waals surface area contributed by atoms with Crippen LogP contribution in [0.5, 0.6) is 0 Å². The number of ether oxygens (including phenoxy) is 1. The van der Waals surface area contributed by atoms with E-state index in [1.165, 1.54) is 6.20 Å². The molecule has 1 heterocycles. The third-order valence-corrected chi connectivity index (χ3v) is 3.65. The van der Waals surface area contributed by atoms with Crippen molar-refractivity contribution in [2.45, 2.75) is 0 Å². The van der Waals surface area contributed by atoms with Crippen molar-refractivity contribution in [1.82, 2.24) is 4.98 Å². The minimum atomic E-state index is -0.562. The zero-order chi connectivity index (χ0) is 16.9. The predicted octanol–water partition coefficient (Wildman–Crippen LogP) is 3.68. The van der Waals surface area contributed by atoms with Crippen LogP contribution >= 0.6 is 11.6 Å². The smallest absolute Gasteiger partial charge is 0.338 e. The maximum Gasteiger partial charge on any atom is 0.338 e. The van der Waals surface area contributed by atoms with Crippen LogP contribution in [0.25, 0.3) is 10.8 Å². The number of carbonyl (C=O) groups is 2. The van der Waals surface area contributed by atoms with Gasteiger partial charge in [0.2, 0.25) is 0 Å². The number of hydrogen-bond donors (Lipinski definition) is 1. The fourth-order valence-corrected chi connectivity index (χ4v) is 2.36. The van der Waals surface area contributed by atoms with Crippen LogP contribution in [-0.4, -0.2) is 23.5 Å². The number of fused-ring (bicyclic) bond motifs is 1. The zero-order valence-electron chi connectivity index (χ0n) is 12.5. The normalized spacial score (nSPS) is 10.4. The van der Waals surface area contributed by atoms with Gasteiger partial charge in [-0.1, -0.05) is 41.9 Å². The lowest BCUT2D eigenvalue weighted by molar-refractivity contribution is -0.119. The Morgan fingerprint density at radius 3 is 2.62 bits per heavy atom. The Balaban J connectivity index is 1.62. The van der Waals surface area contributed by atoms with Gasteiger partial charge in [-0.05, 0) is 35.0 Å². The van der Waals surface area contributed by atoms with Crippen LogP contribution in [0.4, 0.5) is 5.69 Å². The molecule has 5 nitrogen and oxygen atoms in total. The molecule has 3 aromatic rings. The second-order valence-electron chi connectivity index (χ2n) is 5.03. The first kappa shape index (κ1) is 16.0. The van der Waals surface area contributed by atoms with Gasteiger partial charge in [-0.15, -0.1) is 0 Å². The highest BCUT2D eigenvalue weighted by Gasteiger charge is 2.12. The highest BCUT2D eigenvalue weighted by molar-refractivity contribution is 6.32. The maximum absolute atomic E-state index is 12.1. The summed E-state index contributed by atoms with van der Waals surface area (Å²) in [5.74, 6) is -1.05. The summed E-state index contributed by atoms with van der Waals surface area (Å²) in [6.45, 7) is -0.406. The number of nitrogens with one attached hydrogen (secondary N) is 1. The molecule has 0 aliphatic carbocycles. The predicted molar refractivity (Wildman–Crippen MR) is 92.1 cm³/mol. The van der Waals surface area contributed by atoms with Crippen LogP contribution in [0.15, 0.2) is 60.8 Å². The molecule has 0 fully saturated rings.